The van der Waals surface area contributed by atoms with Gasteiger partial charge in [-0.3, -0.25) is 0 Å². The zero-order valence-electron chi connectivity index (χ0n) is 10.8. The Balaban J connectivity index is 2.29. The van der Waals surface area contributed by atoms with Gasteiger partial charge in [0.25, 0.3) is 0 Å². The molecule has 0 radical (unpaired) electrons. The van der Waals surface area contributed by atoms with Crippen LogP contribution in [0, 0.1) is 10.1 Å². The van der Waals surface area contributed by atoms with E-state index in [-0.39, 0.29) is 0 Å². The van der Waals surface area contributed by atoms with Crippen LogP contribution in [0.2, 0.25) is 0 Å². The van der Waals surface area contributed by atoms with E-state index in [2.05, 4.69) is 0 Å². The predicted molar refractivity (Wildman–Crippen MR) is 78.7 cm³/mol. The number of benzene rings is 1. The van der Waals surface area contributed by atoms with Crippen LogP contribution in [0.25, 0.3) is 6.08 Å². The number of sulfonamides is 1. The van der Waals surface area contributed by atoms with Gasteiger partial charge >= 0.3 is 0 Å². The average Bonchev–Trinajstić information content (AvgIpc) is 2.47. The number of hydrazine groups is 2. The fourth-order valence-corrected chi connectivity index (χ4v) is 2.99. The van der Waals surface area contributed by atoms with Crippen molar-refractivity contribution in [3.8, 4) is 0 Å². The summed E-state index contributed by atoms with van der Waals surface area (Å²) < 4.78 is 24.2. The van der Waals surface area contributed by atoms with Crippen LogP contribution in [0.4, 0.5) is 0 Å². The summed E-state index contributed by atoms with van der Waals surface area (Å²) >= 11 is 0. The second-order valence-electron chi connectivity index (χ2n) is 4.24. The van der Waals surface area contributed by atoms with Gasteiger partial charge in [-0.25, -0.2) is 18.5 Å². The molecule has 1 unspecified atom stereocenters. The number of nitrogens with zero attached hydrogens (tertiary/aromatic N) is 1. The van der Waals surface area contributed by atoms with E-state index in [1.165, 1.54) is 11.6 Å². The minimum atomic E-state index is -3.96. The van der Waals surface area contributed by atoms with Crippen molar-refractivity contribution in [3.05, 3.63) is 75.9 Å². The predicted octanol–water partition coefficient (Wildman–Crippen LogP) is 1.18. The molecule has 8 heteroatoms. The van der Waals surface area contributed by atoms with Crippen molar-refractivity contribution in [1.82, 2.24) is 10.4 Å². The number of hydrogen-bond acceptors (Lipinski definition) is 4. The van der Waals surface area contributed by atoms with E-state index in [0.29, 0.717) is 5.57 Å². The van der Waals surface area contributed by atoms with E-state index >= 15 is 0 Å². The maximum Gasteiger partial charge on any atom is 0.243 e. The fourth-order valence-electron chi connectivity index (χ4n) is 1.86. The lowest BCUT2D eigenvalue weighted by molar-refractivity contribution is -0.550. The second kappa shape index (κ2) is 6.33. The Morgan fingerprint density at radius 2 is 1.90 bits per heavy atom. The molecule has 1 atom stereocenters. The van der Waals surface area contributed by atoms with Gasteiger partial charge in [0, 0.05) is 0 Å². The number of hydrogen-bond donors (Lipinski definition) is 2. The van der Waals surface area contributed by atoms with Crippen molar-refractivity contribution in [2.45, 2.75) is 5.25 Å². The Morgan fingerprint density at radius 1 is 1.19 bits per heavy atom. The normalized spacial score (nSPS) is 19.6. The van der Waals surface area contributed by atoms with E-state index in [0.717, 1.165) is 5.56 Å². The fraction of sp³-hybridized carbons (Fsp3) is 0.0769. The summed E-state index contributed by atoms with van der Waals surface area (Å²) in [6, 6.07) is 9.21. The molecule has 1 aliphatic rings. The maximum atomic E-state index is 12.1. The summed E-state index contributed by atoms with van der Waals surface area (Å²) in [6.07, 6.45) is 8.12. The number of allylic oxidation sites excluding steroid dienone is 3. The van der Waals surface area contributed by atoms with E-state index in [1.807, 2.05) is 30.3 Å². The van der Waals surface area contributed by atoms with Crippen molar-refractivity contribution in [2.24, 2.45) is 0 Å². The van der Waals surface area contributed by atoms with E-state index < -0.39 is 20.3 Å². The number of nitrogens with one attached hydrogen (secondary N) is 2. The van der Waals surface area contributed by atoms with Crippen LogP contribution in [0.5, 0.6) is 0 Å². The quantitative estimate of drug-likeness (QED) is 0.628. The number of nitro groups is 1. The minimum absolute atomic E-state index is 0.515. The SMILES string of the molecule is O=[N+]([O-])NNS(=O)(=O)C1C=CC=C/C1=C\c1ccccc1. The van der Waals surface area contributed by atoms with Crippen LogP contribution < -0.4 is 10.4 Å². The van der Waals surface area contributed by atoms with E-state index in [4.69, 9.17) is 0 Å². The highest BCUT2D eigenvalue weighted by atomic mass is 32.2. The van der Waals surface area contributed by atoms with Gasteiger partial charge in [0.05, 0.1) is 0 Å². The monoisotopic (exact) mass is 307 g/mol. The van der Waals surface area contributed by atoms with Crippen molar-refractivity contribution in [1.29, 1.82) is 0 Å². The third kappa shape index (κ3) is 4.01. The highest BCUT2D eigenvalue weighted by molar-refractivity contribution is 7.90. The molecule has 2 rings (SSSR count). The molecular weight excluding hydrogens is 294 g/mol. The molecule has 0 aliphatic heterocycles. The second-order valence-corrected chi connectivity index (χ2v) is 6.04. The molecule has 0 aromatic heterocycles. The summed E-state index contributed by atoms with van der Waals surface area (Å²) in [7, 11) is -3.96. The van der Waals surface area contributed by atoms with Crippen molar-refractivity contribution in [2.75, 3.05) is 0 Å². The van der Waals surface area contributed by atoms with Crippen LogP contribution in [0.3, 0.4) is 0 Å². The van der Waals surface area contributed by atoms with Gasteiger partial charge in [-0.05, 0) is 11.1 Å². The Hall–Kier alpha value is -2.45. The molecule has 0 amide bonds. The molecule has 2 N–H and O–H groups in total. The first-order chi connectivity index (χ1) is 9.99. The molecule has 0 saturated carbocycles. The van der Waals surface area contributed by atoms with Gasteiger partial charge in [-0.1, -0.05) is 71.1 Å². The van der Waals surface area contributed by atoms with Gasteiger partial charge < -0.3 is 0 Å². The third-order valence-electron chi connectivity index (χ3n) is 2.76. The molecule has 0 heterocycles. The zero-order valence-corrected chi connectivity index (χ0v) is 11.7. The summed E-state index contributed by atoms with van der Waals surface area (Å²) in [5.41, 5.74) is 2.82. The van der Waals surface area contributed by atoms with Gasteiger partial charge in [-0.15, -0.1) is 0 Å². The average molecular weight is 307 g/mol. The van der Waals surface area contributed by atoms with Crippen molar-refractivity contribution in [3.63, 3.8) is 0 Å². The Morgan fingerprint density at radius 3 is 2.57 bits per heavy atom. The van der Waals surface area contributed by atoms with Crippen molar-refractivity contribution < 1.29 is 13.5 Å². The van der Waals surface area contributed by atoms with E-state index in [1.54, 1.807) is 29.1 Å². The summed E-state index contributed by atoms with van der Waals surface area (Å²) in [4.78, 5) is 12.0. The lowest BCUT2D eigenvalue weighted by Gasteiger charge is -2.17. The first-order valence-corrected chi connectivity index (χ1v) is 7.56. The molecule has 0 saturated heterocycles. The first kappa shape index (κ1) is 14.9. The minimum Gasteiger partial charge on any atom is -0.234 e. The summed E-state index contributed by atoms with van der Waals surface area (Å²) in [6.45, 7) is 0. The molecule has 110 valence electrons. The van der Waals surface area contributed by atoms with Gasteiger partial charge in [0.15, 0.2) is 5.03 Å². The Bertz CT molecular complexity index is 708. The molecule has 0 spiro atoms. The molecule has 0 fully saturated rings. The molecule has 0 bridgehead atoms. The highest BCUT2D eigenvalue weighted by Gasteiger charge is 2.27. The Kier molecular flexibility index (Phi) is 4.51. The van der Waals surface area contributed by atoms with Crippen LogP contribution >= 0.6 is 0 Å². The van der Waals surface area contributed by atoms with Gasteiger partial charge in [-0.2, -0.15) is 0 Å². The smallest absolute Gasteiger partial charge is 0.234 e. The number of rotatable bonds is 5. The van der Waals surface area contributed by atoms with Gasteiger partial charge in [0.2, 0.25) is 10.0 Å². The van der Waals surface area contributed by atoms with Crippen LogP contribution in [-0.2, 0) is 10.0 Å². The standard InChI is InChI=1S/C13H13N3O4S/c17-16(18)14-15-21(19,20)13-9-5-4-8-12(13)10-11-6-2-1-3-7-11/h1-10,13-15H/b12-10+. The molecule has 1 aromatic carbocycles. The lowest BCUT2D eigenvalue weighted by Crippen LogP contribution is -2.45. The van der Waals surface area contributed by atoms with Crippen LogP contribution in [0.1, 0.15) is 5.56 Å². The Labute approximate surface area is 121 Å². The zero-order chi connectivity index (χ0) is 15.3. The highest BCUT2D eigenvalue weighted by Crippen LogP contribution is 2.21. The van der Waals surface area contributed by atoms with Crippen LogP contribution in [-0.4, -0.2) is 18.7 Å². The largest absolute Gasteiger partial charge is 0.243 e. The molecular formula is C13H13N3O4S. The molecule has 7 nitrogen and oxygen atoms in total. The first-order valence-electron chi connectivity index (χ1n) is 6.01. The summed E-state index contributed by atoms with van der Waals surface area (Å²) in [5, 5.41) is 8.25. The molecule has 1 aliphatic carbocycles. The van der Waals surface area contributed by atoms with Gasteiger partial charge in [0.1, 0.15) is 5.25 Å². The molecule has 1 aromatic rings. The third-order valence-corrected chi connectivity index (χ3v) is 4.23. The topological polar surface area (TPSA) is 101 Å². The van der Waals surface area contributed by atoms with E-state index in [9.17, 15) is 18.5 Å². The molecule has 21 heavy (non-hydrogen) atoms. The maximum absolute atomic E-state index is 12.1. The lowest BCUT2D eigenvalue weighted by atomic mass is 10.0. The van der Waals surface area contributed by atoms with Crippen LogP contribution in [0.15, 0.2) is 60.2 Å². The van der Waals surface area contributed by atoms with Crippen molar-refractivity contribution >= 4 is 16.1 Å². The summed E-state index contributed by atoms with van der Waals surface area (Å²) in [5.74, 6) is 0.